The summed E-state index contributed by atoms with van der Waals surface area (Å²) in [6.45, 7) is 0. The average Bonchev–Trinajstić information content (AvgIpc) is 2.84. The molecule has 1 atom stereocenters. The minimum absolute atomic E-state index is 0.294. The summed E-state index contributed by atoms with van der Waals surface area (Å²) in [7, 11) is 0. The van der Waals surface area contributed by atoms with E-state index in [2.05, 4.69) is 9.97 Å². The van der Waals surface area contributed by atoms with E-state index in [0.717, 1.165) is 10.5 Å². The fraction of sp³-hybridized carbons (Fsp3) is 0.0769. The molecule has 0 amide bonds. The molecule has 0 saturated heterocycles. The van der Waals surface area contributed by atoms with E-state index < -0.39 is 11.2 Å². The Morgan fingerprint density at radius 2 is 1.95 bits per heavy atom. The van der Waals surface area contributed by atoms with Gasteiger partial charge in [0.05, 0.1) is 0 Å². The third-order valence-corrected chi connectivity index (χ3v) is 3.94. The molecule has 0 aliphatic carbocycles. The van der Waals surface area contributed by atoms with Crippen molar-refractivity contribution >= 4 is 33.9 Å². The van der Waals surface area contributed by atoms with Gasteiger partial charge in [0.2, 0.25) is 0 Å². The third-order valence-electron chi connectivity index (χ3n) is 2.74. The van der Waals surface area contributed by atoms with Gasteiger partial charge >= 0.3 is 0 Å². The first-order valence-corrected chi connectivity index (χ1v) is 7.42. The Hall–Kier alpha value is -1.56. The van der Waals surface area contributed by atoms with Crippen LogP contribution >= 0.6 is 11.6 Å². The number of hydrogen-bond acceptors (Lipinski definition) is 4. The van der Waals surface area contributed by atoms with Gasteiger partial charge in [-0.25, -0.2) is 9.97 Å². The summed E-state index contributed by atoms with van der Waals surface area (Å²) < 4.78 is 17.0. The minimum Gasteiger partial charge on any atom is -0.612 e. The molecule has 1 aromatic carbocycles. The Bertz CT molecular complexity index is 725. The maximum Gasteiger partial charge on any atom is 0.190 e. The molecule has 3 aromatic rings. The zero-order chi connectivity index (χ0) is 13.4. The van der Waals surface area contributed by atoms with Crippen LogP contribution in [-0.4, -0.2) is 20.8 Å². The molecule has 0 radical (unpaired) electrons. The van der Waals surface area contributed by atoms with Gasteiger partial charge in [-0.3, -0.25) is 0 Å². The Labute approximate surface area is 117 Å². The largest absolute Gasteiger partial charge is 0.612 e. The smallest absolute Gasteiger partial charge is 0.190 e. The van der Waals surface area contributed by atoms with E-state index in [1.165, 1.54) is 6.33 Å². The van der Waals surface area contributed by atoms with Gasteiger partial charge in [0, 0.05) is 11.6 Å². The van der Waals surface area contributed by atoms with Crippen LogP contribution in [0.25, 0.3) is 22.4 Å². The summed E-state index contributed by atoms with van der Waals surface area (Å²) in [4.78, 5) is 8.74. The number of rotatable bonds is 2. The van der Waals surface area contributed by atoms with Gasteiger partial charge in [-0.2, -0.15) is 0 Å². The van der Waals surface area contributed by atoms with Crippen LogP contribution < -0.4 is 0 Å². The lowest BCUT2D eigenvalue weighted by atomic mass is 10.2. The van der Waals surface area contributed by atoms with Crippen LogP contribution in [0, 0.1) is 0 Å². The van der Waals surface area contributed by atoms with E-state index in [0.29, 0.717) is 22.0 Å². The van der Waals surface area contributed by atoms with Crippen molar-refractivity contribution in [2.45, 2.75) is 4.90 Å². The Morgan fingerprint density at radius 3 is 2.58 bits per heavy atom. The van der Waals surface area contributed by atoms with E-state index in [-0.39, 0.29) is 0 Å². The predicted octanol–water partition coefficient (Wildman–Crippen LogP) is 3.28. The molecule has 1 unspecified atom stereocenters. The zero-order valence-corrected chi connectivity index (χ0v) is 11.5. The molecule has 2 aromatic heterocycles. The lowest BCUT2D eigenvalue weighted by Crippen LogP contribution is -1.95. The number of hydrogen-bond donors (Lipinski definition) is 0. The van der Waals surface area contributed by atoms with Crippen molar-refractivity contribution in [3.05, 3.63) is 41.8 Å². The fourth-order valence-electron chi connectivity index (χ4n) is 1.78. The predicted molar refractivity (Wildman–Crippen MR) is 74.6 cm³/mol. The molecule has 0 spiro atoms. The van der Waals surface area contributed by atoms with Gasteiger partial charge in [0.15, 0.2) is 15.6 Å². The summed E-state index contributed by atoms with van der Waals surface area (Å²) in [5.41, 5.74) is 2.02. The average molecular weight is 293 g/mol. The molecule has 0 aliphatic heterocycles. The van der Waals surface area contributed by atoms with Crippen LogP contribution in [0.3, 0.4) is 0 Å². The van der Waals surface area contributed by atoms with Crippen molar-refractivity contribution in [1.29, 1.82) is 0 Å². The van der Waals surface area contributed by atoms with Gasteiger partial charge in [0.25, 0.3) is 0 Å². The van der Waals surface area contributed by atoms with Crippen LogP contribution in [-0.2, 0) is 11.2 Å². The highest BCUT2D eigenvalue weighted by Crippen LogP contribution is 2.30. The summed E-state index contributed by atoms with van der Waals surface area (Å²) in [6, 6.07) is 9.14. The van der Waals surface area contributed by atoms with Crippen molar-refractivity contribution in [3.63, 3.8) is 0 Å². The monoisotopic (exact) mass is 292 g/mol. The second-order valence-corrected chi connectivity index (χ2v) is 5.71. The number of benzene rings is 1. The molecule has 0 aliphatic rings. The zero-order valence-electron chi connectivity index (χ0n) is 9.96. The van der Waals surface area contributed by atoms with E-state index >= 15 is 0 Å². The van der Waals surface area contributed by atoms with Crippen LogP contribution in [0.1, 0.15) is 0 Å². The summed E-state index contributed by atoms with van der Waals surface area (Å²) in [5, 5.41) is 0.294. The SMILES string of the molecule is C[S+]([O-])c1ccc(-c2cc3ncnc(Cl)c3o2)cc1. The summed E-state index contributed by atoms with van der Waals surface area (Å²) in [5.74, 6) is 0.658. The lowest BCUT2D eigenvalue weighted by Gasteiger charge is -2.03. The molecule has 0 N–H and O–H groups in total. The molecular formula is C13H9ClN2O2S. The lowest BCUT2D eigenvalue weighted by molar-refractivity contribution is 0.600. The van der Waals surface area contributed by atoms with Crippen molar-refractivity contribution in [2.75, 3.05) is 6.26 Å². The Balaban J connectivity index is 2.06. The van der Waals surface area contributed by atoms with E-state index in [1.807, 2.05) is 24.3 Å². The number of fused-ring (bicyclic) bond motifs is 1. The van der Waals surface area contributed by atoms with Crippen LogP contribution in [0.5, 0.6) is 0 Å². The van der Waals surface area contributed by atoms with E-state index in [4.69, 9.17) is 16.0 Å². The van der Waals surface area contributed by atoms with E-state index in [1.54, 1.807) is 12.3 Å². The summed E-state index contributed by atoms with van der Waals surface area (Å²) >= 11 is 4.95. The summed E-state index contributed by atoms with van der Waals surface area (Å²) in [6.07, 6.45) is 3.04. The highest BCUT2D eigenvalue weighted by Gasteiger charge is 2.11. The normalized spacial score (nSPS) is 12.8. The second kappa shape index (κ2) is 4.85. The molecule has 0 fully saturated rings. The topological polar surface area (TPSA) is 62.0 Å². The molecule has 19 heavy (non-hydrogen) atoms. The minimum atomic E-state index is -0.986. The molecule has 4 nitrogen and oxygen atoms in total. The first-order chi connectivity index (χ1) is 9.15. The molecular weight excluding hydrogens is 284 g/mol. The molecule has 3 rings (SSSR count). The Kier molecular flexibility index (Phi) is 3.18. The molecule has 0 saturated carbocycles. The van der Waals surface area contributed by atoms with E-state index in [9.17, 15) is 4.55 Å². The highest BCUT2D eigenvalue weighted by atomic mass is 35.5. The van der Waals surface area contributed by atoms with Crippen molar-refractivity contribution in [1.82, 2.24) is 9.97 Å². The van der Waals surface area contributed by atoms with Crippen LogP contribution in [0.2, 0.25) is 5.15 Å². The van der Waals surface area contributed by atoms with Gasteiger partial charge < -0.3 is 8.97 Å². The molecule has 6 heteroatoms. The second-order valence-electron chi connectivity index (χ2n) is 3.97. The third kappa shape index (κ3) is 2.32. The first-order valence-electron chi connectivity index (χ1n) is 5.49. The van der Waals surface area contributed by atoms with Gasteiger partial charge in [-0.05, 0) is 35.4 Å². The van der Waals surface area contributed by atoms with Crippen LogP contribution in [0.4, 0.5) is 0 Å². The van der Waals surface area contributed by atoms with Gasteiger partial charge in [-0.1, -0.05) is 11.6 Å². The fourth-order valence-corrected chi connectivity index (χ4v) is 2.48. The number of furan rings is 1. The highest BCUT2D eigenvalue weighted by molar-refractivity contribution is 7.90. The number of aromatic nitrogens is 2. The first kappa shape index (κ1) is 12.5. The van der Waals surface area contributed by atoms with Crippen LogP contribution in [0.15, 0.2) is 46.0 Å². The molecule has 96 valence electrons. The number of nitrogens with zero attached hydrogens (tertiary/aromatic N) is 2. The standard InChI is InChI=1S/C13H9ClN2O2S/c1-19(17)9-4-2-8(3-5-9)11-6-10-12(18-11)13(14)16-7-15-10/h2-7H,1H3. The molecule has 2 heterocycles. The maximum absolute atomic E-state index is 11.3. The quantitative estimate of drug-likeness (QED) is 0.537. The van der Waals surface area contributed by atoms with Crippen molar-refractivity contribution in [3.8, 4) is 11.3 Å². The maximum atomic E-state index is 11.3. The van der Waals surface area contributed by atoms with Gasteiger partial charge in [0.1, 0.15) is 23.9 Å². The van der Waals surface area contributed by atoms with Gasteiger partial charge in [-0.15, -0.1) is 0 Å². The Morgan fingerprint density at radius 1 is 1.21 bits per heavy atom. The molecule has 0 bridgehead atoms. The number of halogens is 1. The van der Waals surface area contributed by atoms with Crippen molar-refractivity contribution in [2.24, 2.45) is 0 Å². The van der Waals surface area contributed by atoms with Crippen molar-refractivity contribution < 1.29 is 8.97 Å².